The van der Waals surface area contributed by atoms with Gasteiger partial charge in [0.1, 0.15) is 23.9 Å². The Balaban J connectivity index is 1.80. The number of para-hydroxylation sites is 1. The van der Waals surface area contributed by atoms with Crippen LogP contribution in [0.25, 0.3) is 10.1 Å². The quantitative estimate of drug-likeness (QED) is 0.556. The lowest BCUT2D eigenvalue weighted by molar-refractivity contribution is 0.297. The van der Waals surface area contributed by atoms with Gasteiger partial charge in [-0.3, -0.25) is 5.41 Å². The molecule has 3 aromatic rings. The second-order valence-corrected chi connectivity index (χ2v) is 5.91. The molecule has 5 heteroatoms. The molecule has 1 aromatic heterocycles. The Hall–Kier alpha value is -2.53. The lowest BCUT2D eigenvalue weighted by Crippen LogP contribution is -2.08. The number of thiophene rings is 1. The highest BCUT2D eigenvalue weighted by atomic mass is 32.1. The predicted octanol–water partition coefficient (Wildman–Crippen LogP) is 3.77. The highest BCUT2D eigenvalue weighted by Crippen LogP contribution is 2.29. The van der Waals surface area contributed by atoms with E-state index in [1.807, 2.05) is 48.5 Å². The normalized spacial score (nSPS) is 10.6. The largest absolute Gasteiger partial charge is 0.496 e. The smallest absolute Gasteiger partial charge is 0.133 e. The van der Waals surface area contributed by atoms with Crippen molar-refractivity contribution in [3.05, 3.63) is 59.0 Å². The molecule has 1 heterocycles. The fourth-order valence-electron chi connectivity index (χ4n) is 2.22. The Morgan fingerprint density at radius 1 is 1.18 bits per heavy atom. The molecule has 0 fully saturated rings. The lowest BCUT2D eigenvalue weighted by atomic mass is 10.2. The van der Waals surface area contributed by atoms with Gasteiger partial charge in [-0.05, 0) is 35.7 Å². The first-order valence-corrected chi connectivity index (χ1v) is 7.61. The number of fused-ring (bicyclic) bond motifs is 1. The number of ether oxygens (including phenoxy) is 2. The van der Waals surface area contributed by atoms with E-state index >= 15 is 0 Å². The van der Waals surface area contributed by atoms with Crippen molar-refractivity contribution in [3.63, 3.8) is 0 Å². The fraction of sp³-hybridized carbons (Fsp3) is 0.118. The maximum Gasteiger partial charge on any atom is 0.133 e. The first-order chi connectivity index (χ1) is 10.7. The zero-order valence-corrected chi connectivity index (χ0v) is 12.9. The Kier molecular flexibility index (Phi) is 3.98. The van der Waals surface area contributed by atoms with Gasteiger partial charge in [-0.1, -0.05) is 18.2 Å². The highest BCUT2D eigenvalue weighted by Gasteiger charge is 2.07. The first-order valence-electron chi connectivity index (χ1n) is 6.80. The molecule has 0 aliphatic rings. The topological polar surface area (TPSA) is 68.3 Å². The average molecular weight is 312 g/mol. The Labute approximate surface area is 132 Å². The molecule has 4 nitrogen and oxygen atoms in total. The molecule has 0 aliphatic heterocycles. The van der Waals surface area contributed by atoms with Crippen LogP contribution in [0.3, 0.4) is 0 Å². The van der Waals surface area contributed by atoms with Gasteiger partial charge < -0.3 is 15.2 Å². The van der Waals surface area contributed by atoms with Gasteiger partial charge in [-0.25, -0.2) is 0 Å². The standard InChI is InChI=1S/C17H16N2O2S/c1-20-14-5-3-2-4-12(14)10-21-13-7-6-11-8-16(17(18)19)22-15(11)9-13/h2-9H,10H2,1H3,(H3,18,19). The van der Waals surface area contributed by atoms with Crippen LogP contribution in [0.15, 0.2) is 48.5 Å². The maximum atomic E-state index is 7.50. The van der Waals surface area contributed by atoms with Crippen molar-refractivity contribution in [1.29, 1.82) is 5.41 Å². The van der Waals surface area contributed by atoms with E-state index in [4.69, 9.17) is 20.6 Å². The number of nitrogen functional groups attached to an aromatic ring is 1. The van der Waals surface area contributed by atoms with Crippen LogP contribution in [0.1, 0.15) is 10.4 Å². The molecule has 22 heavy (non-hydrogen) atoms. The van der Waals surface area contributed by atoms with Gasteiger partial charge in [-0.15, -0.1) is 11.3 Å². The van der Waals surface area contributed by atoms with Crippen LogP contribution in [0.4, 0.5) is 0 Å². The zero-order chi connectivity index (χ0) is 15.5. The molecule has 0 radical (unpaired) electrons. The van der Waals surface area contributed by atoms with E-state index in [1.165, 1.54) is 11.3 Å². The minimum absolute atomic E-state index is 0.0951. The van der Waals surface area contributed by atoms with E-state index < -0.39 is 0 Å². The fourth-order valence-corrected chi connectivity index (χ4v) is 3.17. The Bertz CT molecular complexity index is 826. The second-order valence-electron chi connectivity index (χ2n) is 4.82. The number of rotatable bonds is 5. The number of benzene rings is 2. The van der Waals surface area contributed by atoms with Crippen molar-refractivity contribution in [2.24, 2.45) is 5.73 Å². The molecule has 0 unspecified atom stereocenters. The van der Waals surface area contributed by atoms with Gasteiger partial charge in [0.15, 0.2) is 0 Å². The molecule has 0 spiro atoms. The molecule has 0 atom stereocenters. The number of nitrogens with two attached hydrogens (primary N) is 1. The van der Waals surface area contributed by atoms with E-state index in [9.17, 15) is 0 Å². The number of nitrogens with one attached hydrogen (secondary N) is 1. The van der Waals surface area contributed by atoms with Gasteiger partial charge in [0.25, 0.3) is 0 Å². The van der Waals surface area contributed by atoms with Gasteiger partial charge in [0.2, 0.25) is 0 Å². The molecule has 0 aliphatic carbocycles. The molecule has 0 saturated heterocycles. The predicted molar refractivity (Wildman–Crippen MR) is 90.2 cm³/mol. The summed E-state index contributed by atoms with van der Waals surface area (Å²) in [6, 6.07) is 15.6. The van der Waals surface area contributed by atoms with Crippen molar-refractivity contribution in [1.82, 2.24) is 0 Å². The molecule has 0 amide bonds. The summed E-state index contributed by atoms with van der Waals surface area (Å²) < 4.78 is 12.2. The molecule has 0 saturated carbocycles. The highest BCUT2D eigenvalue weighted by molar-refractivity contribution is 7.20. The van der Waals surface area contributed by atoms with Crippen LogP contribution in [0, 0.1) is 5.41 Å². The summed E-state index contributed by atoms with van der Waals surface area (Å²) in [6.07, 6.45) is 0. The van der Waals surface area contributed by atoms with Crippen LogP contribution in [0.5, 0.6) is 11.5 Å². The third kappa shape index (κ3) is 2.89. The lowest BCUT2D eigenvalue weighted by Gasteiger charge is -2.10. The van der Waals surface area contributed by atoms with Crippen LogP contribution < -0.4 is 15.2 Å². The zero-order valence-electron chi connectivity index (χ0n) is 12.1. The summed E-state index contributed by atoms with van der Waals surface area (Å²) in [5.74, 6) is 1.70. The van der Waals surface area contributed by atoms with Crippen molar-refractivity contribution in [2.45, 2.75) is 6.61 Å². The van der Waals surface area contributed by atoms with Crippen molar-refractivity contribution < 1.29 is 9.47 Å². The van der Waals surface area contributed by atoms with E-state index in [2.05, 4.69) is 0 Å². The van der Waals surface area contributed by atoms with E-state index in [-0.39, 0.29) is 5.84 Å². The summed E-state index contributed by atoms with van der Waals surface area (Å²) in [6.45, 7) is 0.445. The van der Waals surface area contributed by atoms with Crippen molar-refractivity contribution in [3.8, 4) is 11.5 Å². The number of methoxy groups -OCH3 is 1. The van der Waals surface area contributed by atoms with Crippen molar-refractivity contribution in [2.75, 3.05) is 7.11 Å². The molecule has 3 rings (SSSR count). The molecular formula is C17H16N2O2S. The minimum atomic E-state index is 0.0951. The maximum absolute atomic E-state index is 7.50. The molecule has 0 bridgehead atoms. The summed E-state index contributed by atoms with van der Waals surface area (Å²) in [7, 11) is 1.65. The monoisotopic (exact) mass is 312 g/mol. The van der Waals surface area contributed by atoms with E-state index in [0.29, 0.717) is 6.61 Å². The van der Waals surface area contributed by atoms with Crippen LogP contribution >= 0.6 is 11.3 Å². The summed E-state index contributed by atoms with van der Waals surface area (Å²) >= 11 is 1.49. The minimum Gasteiger partial charge on any atom is -0.496 e. The van der Waals surface area contributed by atoms with Gasteiger partial charge in [0.05, 0.1) is 12.0 Å². The SMILES string of the molecule is COc1ccccc1COc1ccc2cc(C(=N)N)sc2c1. The third-order valence-corrected chi connectivity index (χ3v) is 4.48. The van der Waals surface area contributed by atoms with Crippen LogP contribution in [-0.4, -0.2) is 12.9 Å². The Morgan fingerprint density at radius 2 is 2.00 bits per heavy atom. The Morgan fingerprint density at radius 3 is 2.77 bits per heavy atom. The molecule has 112 valence electrons. The number of amidine groups is 1. The van der Waals surface area contributed by atoms with Gasteiger partial charge in [-0.2, -0.15) is 0 Å². The van der Waals surface area contributed by atoms with Crippen molar-refractivity contribution >= 4 is 27.3 Å². The summed E-state index contributed by atoms with van der Waals surface area (Å²) in [5, 5.41) is 8.57. The average Bonchev–Trinajstić information content (AvgIpc) is 2.96. The van der Waals surface area contributed by atoms with Crippen LogP contribution in [-0.2, 0) is 6.61 Å². The summed E-state index contributed by atoms with van der Waals surface area (Å²) in [5.41, 5.74) is 6.53. The number of hydrogen-bond donors (Lipinski definition) is 2. The van der Waals surface area contributed by atoms with E-state index in [1.54, 1.807) is 7.11 Å². The van der Waals surface area contributed by atoms with Gasteiger partial charge in [0, 0.05) is 10.3 Å². The number of hydrogen-bond acceptors (Lipinski definition) is 4. The molecule has 3 N–H and O–H groups in total. The molecular weight excluding hydrogens is 296 g/mol. The summed E-state index contributed by atoms with van der Waals surface area (Å²) in [4.78, 5) is 0.775. The van der Waals surface area contributed by atoms with Gasteiger partial charge >= 0.3 is 0 Å². The van der Waals surface area contributed by atoms with E-state index in [0.717, 1.165) is 32.0 Å². The first kappa shape index (κ1) is 14.4. The second kappa shape index (κ2) is 6.07. The van der Waals surface area contributed by atoms with Crippen LogP contribution in [0.2, 0.25) is 0 Å². The molecule has 2 aromatic carbocycles. The third-order valence-electron chi connectivity index (χ3n) is 3.34.